The van der Waals surface area contributed by atoms with E-state index in [-0.39, 0.29) is 18.1 Å². The molecule has 0 saturated carbocycles. The van der Waals surface area contributed by atoms with E-state index in [9.17, 15) is 4.79 Å². The summed E-state index contributed by atoms with van der Waals surface area (Å²) in [4.78, 5) is 28.8. The van der Waals surface area contributed by atoms with Crippen molar-refractivity contribution < 1.29 is 9.53 Å². The second-order valence-electron chi connectivity index (χ2n) is 6.95. The number of rotatable bonds is 4. The number of aromatic nitrogens is 3. The molecule has 2 unspecified atom stereocenters. The third-order valence-corrected chi connectivity index (χ3v) is 5.20. The van der Waals surface area contributed by atoms with Crippen molar-refractivity contribution in [3.8, 4) is 0 Å². The van der Waals surface area contributed by atoms with E-state index in [0.29, 0.717) is 6.42 Å². The molecule has 0 bridgehead atoms. The number of nitrogens with one attached hydrogen (secondary N) is 1. The third kappa shape index (κ3) is 4.06. The molecule has 0 radical (unpaired) electrons. The molecule has 4 heterocycles. The van der Waals surface area contributed by atoms with E-state index >= 15 is 0 Å². The molecule has 4 rings (SSSR count). The van der Waals surface area contributed by atoms with E-state index < -0.39 is 6.35 Å². The van der Waals surface area contributed by atoms with Crippen molar-refractivity contribution in [2.45, 2.75) is 37.8 Å². The van der Waals surface area contributed by atoms with Crippen LogP contribution in [0.5, 0.6) is 0 Å². The van der Waals surface area contributed by atoms with Crippen molar-refractivity contribution in [1.82, 2.24) is 25.2 Å². The highest BCUT2D eigenvalue weighted by Gasteiger charge is 2.35. The highest BCUT2D eigenvalue weighted by Crippen LogP contribution is 2.25. The molecule has 2 atom stereocenters. The molecule has 0 aromatic carbocycles. The lowest BCUT2D eigenvalue weighted by molar-refractivity contribution is -0.167. The number of carbonyl (C=O) groups is 1. The predicted octanol–water partition coefficient (Wildman–Crippen LogP) is 1.33. The zero-order valence-electron chi connectivity index (χ0n) is 15.4. The smallest absolute Gasteiger partial charge is 0.227 e. The van der Waals surface area contributed by atoms with Gasteiger partial charge in [-0.2, -0.15) is 0 Å². The van der Waals surface area contributed by atoms with Crippen LogP contribution in [0.15, 0.2) is 43.1 Å². The van der Waals surface area contributed by atoms with Crippen LogP contribution >= 0.6 is 0 Å². The van der Waals surface area contributed by atoms with Crippen LogP contribution in [-0.2, 0) is 9.53 Å². The maximum Gasteiger partial charge on any atom is 0.227 e. The standard InChI is InChI=1S/C19H24N6O2/c1-24-18(26)11-17(16-4-8-21-13-22-16)23-19(24)27-15-5-9-25(10-6-15)14-3-2-7-20-12-14/h2-4,7-8,12-13,15,17,19,23H,5-6,9-11H2,1H3. The number of nitrogens with zero attached hydrogens (tertiary/aromatic N) is 5. The van der Waals surface area contributed by atoms with Gasteiger partial charge in [0.05, 0.1) is 29.7 Å². The molecule has 142 valence electrons. The monoisotopic (exact) mass is 368 g/mol. The first kappa shape index (κ1) is 17.8. The Morgan fingerprint density at radius 1 is 1.19 bits per heavy atom. The van der Waals surface area contributed by atoms with Gasteiger partial charge in [-0.1, -0.05) is 0 Å². The van der Waals surface area contributed by atoms with Gasteiger partial charge in [-0.05, 0) is 31.0 Å². The fourth-order valence-corrected chi connectivity index (χ4v) is 3.59. The molecule has 2 aliphatic heterocycles. The Morgan fingerprint density at radius 3 is 2.74 bits per heavy atom. The minimum Gasteiger partial charge on any atom is -0.370 e. The minimum atomic E-state index is -0.443. The van der Waals surface area contributed by atoms with Gasteiger partial charge in [0.1, 0.15) is 6.33 Å². The maximum atomic E-state index is 12.4. The Hall–Kier alpha value is -2.58. The van der Waals surface area contributed by atoms with Crippen LogP contribution in [0.25, 0.3) is 0 Å². The number of hydrogen-bond acceptors (Lipinski definition) is 7. The Kier molecular flexibility index (Phi) is 5.26. The second-order valence-corrected chi connectivity index (χ2v) is 6.95. The van der Waals surface area contributed by atoms with Crippen LogP contribution in [0.1, 0.15) is 31.0 Å². The van der Waals surface area contributed by atoms with E-state index in [1.807, 2.05) is 18.3 Å². The van der Waals surface area contributed by atoms with E-state index in [2.05, 4.69) is 31.2 Å². The van der Waals surface area contributed by atoms with E-state index in [4.69, 9.17) is 4.74 Å². The number of ether oxygens (including phenoxy) is 1. The number of pyridine rings is 1. The summed E-state index contributed by atoms with van der Waals surface area (Å²) in [6, 6.07) is 5.71. The van der Waals surface area contributed by atoms with Crippen molar-refractivity contribution >= 4 is 11.6 Å². The Balaban J connectivity index is 1.36. The highest BCUT2D eigenvalue weighted by molar-refractivity contribution is 5.77. The fourth-order valence-electron chi connectivity index (χ4n) is 3.59. The molecule has 27 heavy (non-hydrogen) atoms. The van der Waals surface area contributed by atoms with Gasteiger partial charge in [0.15, 0.2) is 6.35 Å². The van der Waals surface area contributed by atoms with Crippen LogP contribution in [-0.4, -0.2) is 58.4 Å². The molecule has 2 aromatic heterocycles. The van der Waals surface area contributed by atoms with Crippen molar-refractivity contribution in [3.63, 3.8) is 0 Å². The Bertz CT molecular complexity index is 751. The number of amides is 1. The van der Waals surface area contributed by atoms with Gasteiger partial charge in [0.2, 0.25) is 5.91 Å². The fraction of sp³-hybridized carbons (Fsp3) is 0.474. The minimum absolute atomic E-state index is 0.0511. The van der Waals surface area contributed by atoms with Crippen molar-refractivity contribution in [2.75, 3.05) is 25.0 Å². The van der Waals surface area contributed by atoms with Gasteiger partial charge in [-0.25, -0.2) is 9.97 Å². The predicted molar refractivity (Wildman–Crippen MR) is 99.6 cm³/mol. The molecular weight excluding hydrogens is 344 g/mol. The second kappa shape index (κ2) is 7.98. The molecule has 0 aliphatic carbocycles. The summed E-state index contributed by atoms with van der Waals surface area (Å²) in [5.74, 6) is 0.0511. The van der Waals surface area contributed by atoms with E-state index in [1.165, 1.54) is 6.33 Å². The number of anilines is 1. The number of piperidine rings is 1. The van der Waals surface area contributed by atoms with Crippen molar-refractivity contribution in [3.05, 3.63) is 48.8 Å². The molecule has 1 N–H and O–H groups in total. The largest absolute Gasteiger partial charge is 0.370 e. The average Bonchev–Trinajstić information content (AvgIpc) is 2.73. The van der Waals surface area contributed by atoms with Gasteiger partial charge in [0, 0.05) is 39.0 Å². The maximum absolute atomic E-state index is 12.4. The van der Waals surface area contributed by atoms with Gasteiger partial charge < -0.3 is 14.5 Å². The first-order chi connectivity index (χ1) is 13.2. The quantitative estimate of drug-likeness (QED) is 0.872. The molecule has 2 aromatic rings. The first-order valence-electron chi connectivity index (χ1n) is 9.29. The lowest BCUT2D eigenvalue weighted by atomic mass is 10.1. The normalized spacial score (nSPS) is 24.3. The zero-order valence-corrected chi connectivity index (χ0v) is 15.4. The average molecular weight is 368 g/mol. The molecule has 8 nitrogen and oxygen atoms in total. The number of hydrogen-bond donors (Lipinski definition) is 1. The third-order valence-electron chi connectivity index (χ3n) is 5.20. The van der Waals surface area contributed by atoms with Crippen LogP contribution in [0, 0.1) is 0 Å². The Morgan fingerprint density at radius 2 is 2.04 bits per heavy atom. The van der Waals surface area contributed by atoms with Gasteiger partial charge in [0.25, 0.3) is 0 Å². The van der Waals surface area contributed by atoms with Gasteiger partial charge in [-0.3, -0.25) is 15.1 Å². The Labute approximate surface area is 158 Å². The summed E-state index contributed by atoms with van der Waals surface area (Å²) >= 11 is 0. The lowest BCUT2D eigenvalue weighted by Gasteiger charge is -2.41. The molecule has 2 saturated heterocycles. The first-order valence-corrected chi connectivity index (χ1v) is 9.29. The van der Waals surface area contributed by atoms with Gasteiger partial charge >= 0.3 is 0 Å². The van der Waals surface area contributed by atoms with Crippen LogP contribution in [0.4, 0.5) is 5.69 Å². The summed E-state index contributed by atoms with van der Waals surface area (Å²) in [7, 11) is 1.78. The summed E-state index contributed by atoms with van der Waals surface area (Å²) in [5.41, 5.74) is 1.95. The van der Waals surface area contributed by atoms with Crippen molar-refractivity contribution in [1.29, 1.82) is 0 Å². The SMILES string of the molecule is CN1C(=O)CC(c2ccncn2)NC1OC1CCN(c2cccnc2)CC1. The summed E-state index contributed by atoms with van der Waals surface area (Å²) in [6.07, 6.45) is 8.72. The summed E-state index contributed by atoms with van der Waals surface area (Å²) < 4.78 is 6.26. The highest BCUT2D eigenvalue weighted by atomic mass is 16.5. The molecule has 8 heteroatoms. The zero-order chi connectivity index (χ0) is 18.6. The lowest BCUT2D eigenvalue weighted by Crippen LogP contribution is -2.56. The molecule has 0 spiro atoms. The van der Waals surface area contributed by atoms with Crippen LogP contribution in [0.2, 0.25) is 0 Å². The summed E-state index contributed by atoms with van der Waals surface area (Å²) in [6.45, 7) is 1.83. The topological polar surface area (TPSA) is 83.5 Å². The van der Waals surface area contributed by atoms with Crippen LogP contribution in [0.3, 0.4) is 0 Å². The van der Waals surface area contributed by atoms with Gasteiger partial charge in [-0.15, -0.1) is 0 Å². The van der Waals surface area contributed by atoms with Crippen molar-refractivity contribution in [2.24, 2.45) is 0 Å². The van der Waals surface area contributed by atoms with E-state index in [1.54, 1.807) is 24.3 Å². The summed E-state index contributed by atoms with van der Waals surface area (Å²) in [5, 5.41) is 3.41. The molecular formula is C19H24N6O2. The number of carbonyl (C=O) groups excluding carboxylic acids is 1. The van der Waals surface area contributed by atoms with Crippen LogP contribution < -0.4 is 10.2 Å². The van der Waals surface area contributed by atoms with E-state index in [0.717, 1.165) is 37.3 Å². The molecule has 2 aliphatic rings. The molecule has 1 amide bonds. The molecule has 2 fully saturated rings.